The molecular weight excluding hydrogens is 1170 g/mol. The number of alkyl halides is 2. The van der Waals surface area contributed by atoms with Crippen molar-refractivity contribution >= 4 is 64.9 Å². The van der Waals surface area contributed by atoms with Crippen LogP contribution in [-0.4, -0.2) is 171 Å². The number of primary amides is 1. The van der Waals surface area contributed by atoms with E-state index in [9.17, 15) is 14.4 Å². The third kappa shape index (κ3) is 15.1. The smallest absolute Gasteiger partial charge is 0.267 e. The molecule has 4 saturated heterocycles. The highest BCUT2D eigenvalue weighted by atomic mass is 32.2. The minimum absolute atomic E-state index is 0.0294. The van der Waals surface area contributed by atoms with Gasteiger partial charge in [-0.1, -0.05) is 142 Å². The largest absolute Gasteiger partial charge is 0.366 e. The van der Waals surface area contributed by atoms with Crippen LogP contribution in [0.15, 0.2) is 133 Å². The minimum atomic E-state index is -3.54. The predicted octanol–water partition coefficient (Wildman–Crippen LogP) is 6.29. The molecule has 10 rings (SSSR count). The number of nitrogens with one attached hydrogen (secondary N) is 3. The van der Waals surface area contributed by atoms with Crippen LogP contribution in [0.1, 0.15) is 103 Å². The first-order valence-electron chi connectivity index (χ1n) is 31.0. The summed E-state index contributed by atoms with van der Waals surface area (Å²) in [5.74, 6) is -9.43. The molecule has 5 N–H and O–H groups in total. The number of amides is 9. The van der Waals surface area contributed by atoms with E-state index in [0.29, 0.717) is 29.5 Å². The van der Waals surface area contributed by atoms with Gasteiger partial charge in [0.15, 0.2) is 0 Å². The van der Waals surface area contributed by atoms with Crippen LogP contribution in [0.3, 0.4) is 0 Å². The van der Waals surface area contributed by atoms with Crippen LogP contribution >= 0.6 is 11.8 Å². The Morgan fingerprint density at radius 2 is 1.24 bits per heavy atom. The SMILES string of the molecule is CN1C(=O)CSCCNC(=O)[C@H](Cc2ccc(-c3ccc(C(N)=O)cc3)cc2)NC(=O)[C@@H]2Cc3ccccc3CN2C(=O)[C@@H]2CC(F)(F)CN2C(=O)[C@@H]2CCCCN2C(=O)[C@H](CC(C)(C)C)NC(=O)[C@@H]2C[C@@H](c3ccccc3)CN2C(=O)[C@@H]1Cc1ccccc1. The molecule has 5 aromatic rings. The second-order valence-electron chi connectivity index (χ2n) is 25.7. The summed E-state index contributed by atoms with van der Waals surface area (Å²) in [5.41, 5.74) is 10.5. The van der Waals surface area contributed by atoms with Gasteiger partial charge in [0.1, 0.15) is 42.3 Å². The van der Waals surface area contributed by atoms with Crippen molar-refractivity contribution < 1.29 is 51.9 Å². The highest BCUT2D eigenvalue weighted by Gasteiger charge is 2.55. The number of benzene rings is 5. The van der Waals surface area contributed by atoms with Crippen LogP contribution in [-0.2, 0) is 64.2 Å². The van der Waals surface area contributed by atoms with Gasteiger partial charge in [-0.15, -0.1) is 0 Å². The van der Waals surface area contributed by atoms with E-state index in [1.54, 1.807) is 61.6 Å². The molecule has 5 aliphatic heterocycles. The van der Waals surface area contributed by atoms with Crippen molar-refractivity contribution in [3.63, 3.8) is 0 Å². The molecule has 0 bridgehead atoms. The maximum absolute atomic E-state index is 16.2. The maximum Gasteiger partial charge on any atom is 0.267 e. The monoisotopic (exact) mass is 1250 g/mol. The topological polar surface area (TPSA) is 232 Å². The van der Waals surface area contributed by atoms with Gasteiger partial charge < -0.3 is 46.2 Å². The zero-order valence-corrected chi connectivity index (χ0v) is 52.1. The van der Waals surface area contributed by atoms with Gasteiger partial charge in [0.05, 0.1) is 12.3 Å². The number of carbonyl (C=O) groups excluding carboxylic acids is 9. The Balaban J connectivity index is 1.01. The van der Waals surface area contributed by atoms with E-state index in [-0.39, 0.29) is 88.0 Å². The molecule has 4 fully saturated rings. The Bertz CT molecular complexity index is 3480. The van der Waals surface area contributed by atoms with Crippen molar-refractivity contribution in [1.82, 2.24) is 40.4 Å². The molecule has 21 heteroatoms. The van der Waals surface area contributed by atoms with E-state index in [1.165, 1.54) is 31.4 Å². The van der Waals surface area contributed by atoms with Crippen molar-refractivity contribution in [3.05, 3.63) is 167 Å². The van der Waals surface area contributed by atoms with Crippen molar-refractivity contribution in [2.75, 3.05) is 44.7 Å². The molecular formula is C69H79F2N9O9S. The van der Waals surface area contributed by atoms with Crippen molar-refractivity contribution in [1.29, 1.82) is 0 Å². The number of hydrogen-bond donors (Lipinski definition) is 4. The average molecular weight is 1250 g/mol. The summed E-state index contributed by atoms with van der Waals surface area (Å²) < 4.78 is 32.4. The van der Waals surface area contributed by atoms with E-state index in [0.717, 1.165) is 32.7 Å². The van der Waals surface area contributed by atoms with Crippen LogP contribution in [0.25, 0.3) is 11.1 Å². The molecule has 18 nitrogen and oxygen atoms in total. The summed E-state index contributed by atoms with van der Waals surface area (Å²) in [6.45, 7) is 4.62. The summed E-state index contributed by atoms with van der Waals surface area (Å²) >= 11 is 1.23. The molecule has 0 aromatic heterocycles. The lowest BCUT2D eigenvalue weighted by atomic mass is 9.86. The molecule has 0 spiro atoms. The third-order valence-electron chi connectivity index (χ3n) is 18.1. The Morgan fingerprint density at radius 3 is 1.92 bits per heavy atom. The number of nitrogens with zero attached hydrogens (tertiary/aromatic N) is 5. The quantitative estimate of drug-likeness (QED) is 0.136. The van der Waals surface area contributed by atoms with Gasteiger partial charge in [-0.05, 0) is 88.6 Å². The predicted molar refractivity (Wildman–Crippen MR) is 337 cm³/mol. The van der Waals surface area contributed by atoms with Crippen LogP contribution in [0, 0.1) is 5.41 Å². The first-order valence-corrected chi connectivity index (χ1v) is 32.1. The standard InChI is InChI=1S/C69H79F2N9O9S/c1-68(2,3)37-53-64(86)77-31-14-13-21-54(77)65(87)80-42-69(70,71)38-58(80)67(89)78-39-50-20-12-11-19-49(50)35-55(78)62(84)74-52(33-44-22-24-46(25-23-44)47-26-28-48(29-27-47)60(72)82)61(83)73-30-32-90-41-59(81)76(4)57(34-43-15-7-5-8-16-43)66(88)79-40-51(36-56(79)63(85)75-53)45-17-9-6-10-18-45/h5-12,15-20,22-29,51-58H,13-14,21,30-42H2,1-4H3,(H2,72,82)(H,73,83)(H,74,84)(H,75,85)/t51-,52+,53+,54+,55+,56+,57+,58+/m1/s1. The minimum Gasteiger partial charge on any atom is -0.366 e. The fraction of sp³-hybridized carbons (Fsp3) is 0.435. The molecule has 5 aromatic carbocycles. The summed E-state index contributed by atoms with van der Waals surface area (Å²) in [7, 11) is 1.56. The molecule has 474 valence electrons. The second-order valence-corrected chi connectivity index (χ2v) is 26.8. The molecule has 5 aliphatic rings. The zero-order valence-electron chi connectivity index (χ0n) is 51.3. The first kappa shape index (κ1) is 64.5. The third-order valence-corrected chi connectivity index (χ3v) is 19.0. The van der Waals surface area contributed by atoms with Crippen molar-refractivity contribution in [2.45, 2.75) is 139 Å². The summed E-state index contributed by atoms with van der Waals surface area (Å²) in [6.07, 6.45) is 0.269. The molecule has 0 aliphatic carbocycles. The van der Waals surface area contributed by atoms with Crippen LogP contribution in [0.2, 0.25) is 0 Å². The number of fused-ring (bicyclic) bond motifs is 5. The van der Waals surface area contributed by atoms with Crippen LogP contribution in [0.5, 0.6) is 0 Å². The Hall–Kier alpha value is -8.46. The van der Waals surface area contributed by atoms with Gasteiger partial charge in [0, 0.05) is 76.1 Å². The molecule has 8 atom stereocenters. The highest BCUT2D eigenvalue weighted by Crippen LogP contribution is 2.38. The first-order chi connectivity index (χ1) is 43.0. The summed E-state index contributed by atoms with van der Waals surface area (Å²) in [5, 5.41) is 8.88. The molecule has 0 unspecified atom stereocenters. The zero-order chi connectivity index (χ0) is 64.0. The van der Waals surface area contributed by atoms with E-state index in [4.69, 9.17) is 5.73 Å². The Morgan fingerprint density at radius 1 is 0.633 bits per heavy atom. The number of likely N-dealkylation sites (N-methyl/N-ethyl adjacent to an activating group) is 1. The molecule has 0 saturated carbocycles. The van der Waals surface area contributed by atoms with E-state index >= 15 is 37.5 Å². The molecule has 9 amide bonds. The fourth-order valence-electron chi connectivity index (χ4n) is 13.3. The molecule has 90 heavy (non-hydrogen) atoms. The van der Waals surface area contributed by atoms with Gasteiger partial charge in [-0.3, -0.25) is 43.2 Å². The number of hydrogen-bond acceptors (Lipinski definition) is 10. The fourth-order valence-corrected chi connectivity index (χ4v) is 14.0. The van der Waals surface area contributed by atoms with Crippen molar-refractivity contribution in [3.8, 4) is 11.1 Å². The average Bonchev–Trinajstić information content (AvgIpc) is 1.63. The van der Waals surface area contributed by atoms with E-state index in [1.807, 2.05) is 99.6 Å². The normalized spacial score (nSPS) is 25.2. The summed E-state index contributed by atoms with van der Waals surface area (Å²) in [4.78, 5) is 139. The number of nitrogens with two attached hydrogens (primary N) is 1. The lowest BCUT2D eigenvalue weighted by Gasteiger charge is -2.42. The number of thioether (sulfide) groups is 1. The number of piperidine rings is 1. The maximum atomic E-state index is 16.2. The Kier molecular flexibility index (Phi) is 19.9. The van der Waals surface area contributed by atoms with E-state index < -0.39 is 114 Å². The summed E-state index contributed by atoms with van der Waals surface area (Å²) in [6, 6.07) is 30.8. The number of halogens is 2. The Labute approximate surface area is 528 Å². The number of carbonyl (C=O) groups is 9. The highest BCUT2D eigenvalue weighted by molar-refractivity contribution is 7.99. The van der Waals surface area contributed by atoms with Gasteiger partial charge >= 0.3 is 0 Å². The van der Waals surface area contributed by atoms with Crippen LogP contribution < -0.4 is 21.7 Å². The lowest BCUT2D eigenvalue weighted by molar-refractivity contribution is -0.155. The van der Waals surface area contributed by atoms with Gasteiger partial charge in [0.25, 0.3) is 5.92 Å². The molecule has 5 heterocycles. The van der Waals surface area contributed by atoms with E-state index in [2.05, 4.69) is 16.0 Å². The van der Waals surface area contributed by atoms with Gasteiger partial charge in [0.2, 0.25) is 53.2 Å². The molecule has 0 radical (unpaired) electrons. The van der Waals surface area contributed by atoms with Gasteiger partial charge in [-0.2, -0.15) is 11.8 Å². The van der Waals surface area contributed by atoms with Gasteiger partial charge in [-0.25, -0.2) is 8.78 Å². The number of rotatable bonds is 8. The van der Waals surface area contributed by atoms with Crippen molar-refractivity contribution in [2.24, 2.45) is 11.1 Å². The second kappa shape index (κ2) is 27.7. The van der Waals surface area contributed by atoms with Crippen LogP contribution in [0.4, 0.5) is 8.78 Å². The lowest BCUT2D eigenvalue weighted by Crippen LogP contribution is -2.62.